The highest BCUT2D eigenvalue weighted by molar-refractivity contribution is 6.09. The van der Waals surface area contributed by atoms with Crippen LogP contribution >= 0.6 is 0 Å². The van der Waals surface area contributed by atoms with Crippen LogP contribution in [0.25, 0.3) is 10.9 Å². The molecule has 1 aliphatic heterocycles. The van der Waals surface area contributed by atoms with Gasteiger partial charge < -0.3 is 4.74 Å². The molecule has 0 radical (unpaired) electrons. The summed E-state index contributed by atoms with van der Waals surface area (Å²) < 4.78 is 6.39. The molecule has 2 heterocycles. The topological polar surface area (TPSA) is 51.5 Å². The Morgan fingerprint density at radius 3 is 2.39 bits per heavy atom. The van der Waals surface area contributed by atoms with E-state index in [4.69, 9.17) is 4.74 Å². The Bertz CT molecular complexity index is 998. The van der Waals surface area contributed by atoms with Crippen molar-refractivity contribution in [1.82, 2.24) is 9.47 Å². The lowest BCUT2D eigenvalue weighted by Gasteiger charge is -2.26. The Morgan fingerprint density at radius 2 is 1.68 bits per heavy atom. The number of carbonyl (C=O) groups excluding carboxylic acids is 2. The number of hydrogen-bond donors (Lipinski definition) is 0. The van der Waals surface area contributed by atoms with Gasteiger partial charge in [-0.25, -0.2) is 4.79 Å². The number of methoxy groups -OCH3 is 1. The van der Waals surface area contributed by atoms with Crippen LogP contribution in [0.5, 0.6) is 0 Å². The highest BCUT2D eigenvalue weighted by atomic mass is 16.5. The van der Waals surface area contributed by atoms with Crippen molar-refractivity contribution in [3.8, 4) is 0 Å². The molecule has 1 aromatic heterocycles. The monoisotopic (exact) mass is 376 g/mol. The van der Waals surface area contributed by atoms with E-state index in [1.807, 2.05) is 48.5 Å². The first kappa shape index (κ1) is 18.4. The molecule has 0 aliphatic carbocycles. The third-order valence-corrected chi connectivity index (χ3v) is 5.39. The molecule has 28 heavy (non-hydrogen) atoms. The second-order valence-corrected chi connectivity index (χ2v) is 7.26. The molecule has 0 atom stereocenters. The van der Waals surface area contributed by atoms with Gasteiger partial charge in [0, 0.05) is 23.7 Å². The molecule has 5 heteroatoms. The summed E-state index contributed by atoms with van der Waals surface area (Å²) in [7, 11) is 1.34. The standard InChI is InChI=1S/C23H24N2O3/c1-28-23(27)20-16-25(21-8-4-3-7-19(20)21)22(26)18-11-9-17(10-12-18)15-24-13-5-2-6-14-24/h3-4,7-12,16H,2,5-6,13-15H2,1H3. The Kier molecular flexibility index (Phi) is 5.26. The molecule has 2 aromatic carbocycles. The van der Waals surface area contributed by atoms with Crippen molar-refractivity contribution in [3.05, 3.63) is 71.4 Å². The maximum atomic E-state index is 13.1. The average Bonchev–Trinajstić information content (AvgIpc) is 3.14. The molecule has 3 aromatic rings. The van der Waals surface area contributed by atoms with Crippen LogP contribution < -0.4 is 0 Å². The van der Waals surface area contributed by atoms with Crippen LogP contribution in [0.2, 0.25) is 0 Å². The summed E-state index contributed by atoms with van der Waals surface area (Å²) in [6.45, 7) is 3.21. The normalized spacial score (nSPS) is 14.9. The molecule has 0 unspecified atom stereocenters. The van der Waals surface area contributed by atoms with Gasteiger partial charge in [0.15, 0.2) is 0 Å². The zero-order valence-corrected chi connectivity index (χ0v) is 16.1. The van der Waals surface area contributed by atoms with Gasteiger partial charge in [0.25, 0.3) is 5.91 Å². The lowest BCUT2D eigenvalue weighted by Crippen LogP contribution is -2.29. The van der Waals surface area contributed by atoms with E-state index in [2.05, 4.69) is 4.90 Å². The number of carbonyl (C=O) groups is 2. The number of aromatic nitrogens is 1. The number of fused-ring (bicyclic) bond motifs is 1. The van der Waals surface area contributed by atoms with Crippen molar-refractivity contribution < 1.29 is 14.3 Å². The Morgan fingerprint density at radius 1 is 0.964 bits per heavy atom. The second kappa shape index (κ2) is 7.98. The van der Waals surface area contributed by atoms with E-state index < -0.39 is 5.97 Å². The largest absolute Gasteiger partial charge is 0.465 e. The van der Waals surface area contributed by atoms with Gasteiger partial charge in [0.05, 0.1) is 18.2 Å². The number of para-hydroxylation sites is 1. The number of esters is 1. The molecule has 1 fully saturated rings. The minimum absolute atomic E-state index is 0.157. The third-order valence-electron chi connectivity index (χ3n) is 5.39. The molecule has 1 saturated heterocycles. The maximum Gasteiger partial charge on any atom is 0.340 e. The van der Waals surface area contributed by atoms with Crippen LogP contribution in [0.1, 0.15) is 45.5 Å². The van der Waals surface area contributed by atoms with Crippen LogP contribution in [-0.4, -0.2) is 41.5 Å². The summed E-state index contributed by atoms with van der Waals surface area (Å²) in [5.41, 5.74) is 2.91. The van der Waals surface area contributed by atoms with Gasteiger partial charge in [0.1, 0.15) is 0 Å². The van der Waals surface area contributed by atoms with E-state index in [9.17, 15) is 9.59 Å². The number of rotatable bonds is 4. The first-order chi connectivity index (χ1) is 13.7. The average molecular weight is 376 g/mol. The van der Waals surface area contributed by atoms with Crippen LogP contribution in [0, 0.1) is 0 Å². The summed E-state index contributed by atoms with van der Waals surface area (Å²) in [6.07, 6.45) is 5.42. The minimum atomic E-state index is -0.445. The van der Waals surface area contributed by atoms with Crippen molar-refractivity contribution in [2.24, 2.45) is 0 Å². The zero-order chi connectivity index (χ0) is 19.5. The number of likely N-dealkylation sites (tertiary alicyclic amines) is 1. The molecule has 144 valence electrons. The maximum absolute atomic E-state index is 13.1. The van der Waals surface area contributed by atoms with E-state index >= 15 is 0 Å². The van der Waals surface area contributed by atoms with Gasteiger partial charge in [-0.1, -0.05) is 36.8 Å². The number of nitrogens with zero attached hydrogens (tertiary/aromatic N) is 2. The van der Waals surface area contributed by atoms with Crippen LogP contribution in [0.15, 0.2) is 54.7 Å². The first-order valence-electron chi connectivity index (χ1n) is 9.72. The molecule has 0 saturated carbocycles. The summed E-state index contributed by atoms with van der Waals surface area (Å²) in [5, 5.41) is 0.712. The van der Waals surface area contributed by atoms with Crippen LogP contribution in [-0.2, 0) is 11.3 Å². The predicted molar refractivity (Wildman–Crippen MR) is 109 cm³/mol. The highest BCUT2D eigenvalue weighted by Gasteiger charge is 2.19. The summed E-state index contributed by atoms with van der Waals surface area (Å²) in [6, 6.07) is 15.2. The van der Waals surface area contributed by atoms with Gasteiger partial charge in [0.2, 0.25) is 0 Å². The summed E-state index contributed by atoms with van der Waals surface area (Å²) in [5.74, 6) is -0.601. The lowest BCUT2D eigenvalue weighted by molar-refractivity contribution is 0.0603. The highest BCUT2D eigenvalue weighted by Crippen LogP contribution is 2.23. The summed E-state index contributed by atoms with van der Waals surface area (Å²) in [4.78, 5) is 27.6. The van der Waals surface area contributed by atoms with E-state index in [0.29, 0.717) is 22.0 Å². The van der Waals surface area contributed by atoms with Crippen LogP contribution in [0.3, 0.4) is 0 Å². The summed E-state index contributed by atoms with van der Waals surface area (Å²) >= 11 is 0. The van der Waals surface area contributed by atoms with Gasteiger partial charge in [-0.15, -0.1) is 0 Å². The van der Waals surface area contributed by atoms with Crippen LogP contribution in [0.4, 0.5) is 0 Å². The quantitative estimate of drug-likeness (QED) is 0.643. The van der Waals surface area contributed by atoms with E-state index in [1.165, 1.54) is 36.5 Å². The molecule has 0 amide bonds. The molecule has 1 aliphatic rings. The minimum Gasteiger partial charge on any atom is -0.465 e. The Hall–Kier alpha value is -2.92. The van der Waals surface area contributed by atoms with Gasteiger partial charge in [-0.2, -0.15) is 0 Å². The molecule has 0 N–H and O–H groups in total. The van der Waals surface area contributed by atoms with Crippen molar-refractivity contribution in [2.45, 2.75) is 25.8 Å². The SMILES string of the molecule is COC(=O)c1cn(C(=O)c2ccc(CN3CCCCC3)cc2)c2ccccc12. The zero-order valence-electron chi connectivity index (χ0n) is 16.1. The van der Waals surface area contributed by atoms with Gasteiger partial charge in [-0.05, 0) is 49.7 Å². The second-order valence-electron chi connectivity index (χ2n) is 7.26. The Labute approximate surface area is 164 Å². The van der Waals surface area contributed by atoms with Crippen molar-refractivity contribution >= 4 is 22.8 Å². The van der Waals surface area contributed by atoms with Crippen molar-refractivity contribution in [1.29, 1.82) is 0 Å². The fourth-order valence-corrected chi connectivity index (χ4v) is 3.89. The van der Waals surface area contributed by atoms with Gasteiger partial charge in [-0.3, -0.25) is 14.3 Å². The smallest absolute Gasteiger partial charge is 0.340 e. The lowest BCUT2D eigenvalue weighted by atomic mass is 10.1. The number of hydrogen-bond acceptors (Lipinski definition) is 4. The molecular formula is C23H24N2O3. The molecule has 4 rings (SSSR count). The fraction of sp³-hybridized carbons (Fsp3) is 0.304. The first-order valence-corrected chi connectivity index (χ1v) is 9.72. The number of benzene rings is 2. The van der Waals surface area contributed by atoms with Crippen molar-refractivity contribution in [2.75, 3.05) is 20.2 Å². The molecule has 0 spiro atoms. The van der Waals surface area contributed by atoms with E-state index in [1.54, 1.807) is 6.20 Å². The molecular weight excluding hydrogens is 352 g/mol. The van der Waals surface area contributed by atoms with Crippen molar-refractivity contribution in [3.63, 3.8) is 0 Å². The third kappa shape index (κ3) is 3.58. The number of piperidine rings is 1. The fourth-order valence-electron chi connectivity index (χ4n) is 3.89. The number of ether oxygens (including phenoxy) is 1. The predicted octanol–water partition coefficient (Wildman–Crippen LogP) is 4.10. The molecule has 5 nitrogen and oxygen atoms in total. The van der Waals surface area contributed by atoms with Gasteiger partial charge >= 0.3 is 5.97 Å². The molecule has 0 bridgehead atoms. The van der Waals surface area contributed by atoms with E-state index in [-0.39, 0.29) is 5.91 Å². The van der Waals surface area contributed by atoms with E-state index in [0.717, 1.165) is 19.6 Å². The Balaban J connectivity index is 1.60.